The molecule has 1 fully saturated rings. The molecule has 7 heteroatoms. The summed E-state index contributed by atoms with van der Waals surface area (Å²) in [4.78, 5) is 25.3. The van der Waals surface area contributed by atoms with Crippen molar-refractivity contribution in [3.05, 3.63) is 11.1 Å². The fourth-order valence-electron chi connectivity index (χ4n) is 3.27. The minimum Gasteiger partial charge on any atom is -0.456 e. The van der Waals surface area contributed by atoms with E-state index in [1.807, 2.05) is 6.92 Å². The molecule has 140 valence electrons. The first-order valence-corrected chi connectivity index (χ1v) is 11.9. The van der Waals surface area contributed by atoms with Crippen LogP contribution in [0.15, 0.2) is 11.1 Å². The number of ketones is 1. The van der Waals surface area contributed by atoms with Gasteiger partial charge in [-0.1, -0.05) is 34.1 Å². The van der Waals surface area contributed by atoms with Gasteiger partial charge in [0.15, 0.2) is 14.1 Å². The summed E-state index contributed by atoms with van der Waals surface area (Å²) >= 11 is 0. The monoisotopic (exact) mass is 368 g/mol. The number of ether oxygens (including phenoxy) is 2. The number of hydrogen-bond donors (Lipinski definition) is 1. The van der Waals surface area contributed by atoms with Crippen molar-refractivity contribution >= 4 is 20.1 Å². The maximum atomic E-state index is 12.7. The number of carbonyl (C=O) groups is 2. The van der Waals surface area contributed by atoms with Gasteiger partial charge in [0.25, 0.3) is 0 Å². The molecule has 2 heterocycles. The number of fused-ring (bicyclic) bond motifs is 1. The van der Waals surface area contributed by atoms with Crippen LogP contribution in [0.5, 0.6) is 0 Å². The lowest BCUT2D eigenvalue weighted by Gasteiger charge is -2.42. The second-order valence-corrected chi connectivity index (χ2v) is 13.4. The lowest BCUT2D eigenvalue weighted by Crippen LogP contribution is -2.53. The van der Waals surface area contributed by atoms with Crippen LogP contribution in [0.2, 0.25) is 18.1 Å². The molecule has 1 aliphatic carbocycles. The second-order valence-electron chi connectivity index (χ2n) is 8.69. The molecule has 0 saturated carbocycles. The van der Waals surface area contributed by atoms with Crippen molar-refractivity contribution < 1.29 is 28.6 Å². The standard InChI is InChI=1S/C18H28O6Si/c1-7-8-9-12(19)10-11(17(21)22-9)14(16-15(23-16)13(10)20)24-25(5,6)18(2,3)4/h9,12,14-16,19H,7-8H2,1-6H3/t9?,12?,14-,15-,16+/m1/s1. The summed E-state index contributed by atoms with van der Waals surface area (Å²) in [7, 11) is -2.20. The molecular formula is C18H28O6Si. The van der Waals surface area contributed by atoms with Crippen LogP contribution in [-0.2, 0) is 23.5 Å². The van der Waals surface area contributed by atoms with Crippen molar-refractivity contribution in [3.8, 4) is 0 Å². The Labute approximate surface area is 149 Å². The number of rotatable bonds is 4. The molecule has 0 bridgehead atoms. The molecule has 1 N–H and O–H groups in total. The number of aliphatic hydroxyl groups is 1. The summed E-state index contributed by atoms with van der Waals surface area (Å²) in [5.41, 5.74) is 0.325. The van der Waals surface area contributed by atoms with Crippen LogP contribution in [0.25, 0.3) is 0 Å². The normalized spacial score (nSPS) is 35.2. The van der Waals surface area contributed by atoms with Gasteiger partial charge >= 0.3 is 5.97 Å². The topological polar surface area (TPSA) is 85.4 Å². The molecule has 6 nitrogen and oxygen atoms in total. The molecular weight excluding hydrogens is 340 g/mol. The summed E-state index contributed by atoms with van der Waals surface area (Å²) in [5.74, 6) is -0.843. The Morgan fingerprint density at radius 1 is 1.20 bits per heavy atom. The van der Waals surface area contributed by atoms with E-state index >= 15 is 0 Å². The third kappa shape index (κ3) is 3.01. The van der Waals surface area contributed by atoms with Crippen LogP contribution < -0.4 is 0 Å². The highest BCUT2D eigenvalue weighted by Crippen LogP contribution is 2.47. The number of hydrogen-bond acceptors (Lipinski definition) is 6. The Hall–Kier alpha value is -1.02. The first kappa shape index (κ1) is 18.8. The predicted octanol–water partition coefficient (Wildman–Crippen LogP) is 2.11. The summed E-state index contributed by atoms with van der Waals surface area (Å²) in [6.45, 7) is 12.4. The summed E-state index contributed by atoms with van der Waals surface area (Å²) in [6.07, 6.45) is -2.19. The lowest BCUT2D eigenvalue weighted by atomic mass is 9.81. The van der Waals surface area contributed by atoms with Gasteiger partial charge in [0.1, 0.15) is 30.5 Å². The van der Waals surface area contributed by atoms with E-state index in [0.29, 0.717) is 6.42 Å². The SMILES string of the molecule is CCCC1OC(=O)C2=C(C(=O)[C@H]3O[C@H]3[C@@H]2O[Si](C)(C)C(C)(C)C)C1O. The van der Waals surface area contributed by atoms with Gasteiger partial charge in [0, 0.05) is 5.57 Å². The van der Waals surface area contributed by atoms with Crippen LogP contribution in [-0.4, -0.2) is 55.7 Å². The minimum atomic E-state index is -2.20. The minimum absolute atomic E-state index is 0.0541. The first-order valence-electron chi connectivity index (χ1n) is 9.00. The van der Waals surface area contributed by atoms with Crippen molar-refractivity contribution in [2.45, 2.75) is 89.2 Å². The molecule has 3 aliphatic rings. The van der Waals surface area contributed by atoms with Gasteiger partial charge in [-0.3, -0.25) is 4.79 Å². The van der Waals surface area contributed by atoms with E-state index < -0.39 is 44.8 Å². The van der Waals surface area contributed by atoms with Crippen LogP contribution in [0, 0.1) is 0 Å². The van der Waals surface area contributed by atoms with Gasteiger partial charge in [-0.2, -0.15) is 0 Å². The van der Waals surface area contributed by atoms with E-state index in [1.54, 1.807) is 0 Å². The highest BCUT2D eigenvalue weighted by molar-refractivity contribution is 6.74. The van der Waals surface area contributed by atoms with Crippen LogP contribution >= 0.6 is 0 Å². The molecule has 3 rings (SSSR count). The Morgan fingerprint density at radius 3 is 2.40 bits per heavy atom. The molecule has 2 aliphatic heterocycles. The summed E-state index contributed by atoms with van der Waals surface area (Å²) < 4.78 is 17.4. The van der Waals surface area contributed by atoms with E-state index in [2.05, 4.69) is 33.9 Å². The maximum Gasteiger partial charge on any atom is 0.337 e. The molecule has 0 spiro atoms. The molecule has 2 unspecified atom stereocenters. The number of cyclic esters (lactones) is 1. The molecule has 0 amide bonds. The number of Topliss-reactive ketones (excluding diaryl/α,β-unsaturated/α-hetero) is 1. The number of aliphatic hydroxyl groups excluding tert-OH is 1. The molecule has 0 aromatic heterocycles. The molecule has 5 atom stereocenters. The largest absolute Gasteiger partial charge is 0.456 e. The summed E-state index contributed by atoms with van der Waals surface area (Å²) in [6, 6.07) is 0. The second kappa shape index (κ2) is 6.01. The zero-order valence-electron chi connectivity index (χ0n) is 15.8. The quantitative estimate of drug-likeness (QED) is 0.465. The van der Waals surface area contributed by atoms with Gasteiger partial charge in [-0.15, -0.1) is 0 Å². The van der Waals surface area contributed by atoms with Crippen molar-refractivity contribution in [3.63, 3.8) is 0 Å². The number of esters is 1. The molecule has 0 aromatic carbocycles. The third-order valence-corrected chi connectivity index (χ3v) is 10.3. The third-order valence-electron chi connectivity index (χ3n) is 5.85. The van der Waals surface area contributed by atoms with E-state index in [-0.39, 0.29) is 22.0 Å². The van der Waals surface area contributed by atoms with Gasteiger partial charge in [-0.25, -0.2) is 4.79 Å². The van der Waals surface area contributed by atoms with Crippen molar-refractivity contribution in [1.82, 2.24) is 0 Å². The van der Waals surface area contributed by atoms with Gasteiger partial charge in [0.2, 0.25) is 0 Å². The summed E-state index contributed by atoms with van der Waals surface area (Å²) in [5, 5.41) is 10.6. The Bertz CT molecular complexity index is 632. The Kier molecular flexibility index (Phi) is 4.51. The first-order chi connectivity index (χ1) is 11.5. The zero-order valence-corrected chi connectivity index (χ0v) is 16.8. The molecule has 0 radical (unpaired) electrons. The molecule has 1 saturated heterocycles. The smallest absolute Gasteiger partial charge is 0.337 e. The fourth-order valence-corrected chi connectivity index (χ4v) is 4.51. The van der Waals surface area contributed by atoms with Gasteiger partial charge in [0.05, 0.1) is 5.57 Å². The van der Waals surface area contributed by atoms with Crippen LogP contribution in [0.1, 0.15) is 40.5 Å². The zero-order chi connectivity index (χ0) is 18.7. The molecule has 0 aromatic rings. The van der Waals surface area contributed by atoms with Crippen molar-refractivity contribution in [1.29, 1.82) is 0 Å². The Balaban J connectivity index is 1.99. The number of carbonyl (C=O) groups excluding carboxylic acids is 2. The average Bonchev–Trinajstić information content (AvgIpc) is 3.27. The van der Waals surface area contributed by atoms with E-state index in [4.69, 9.17) is 13.9 Å². The van der Waals surface area contributed by atoms with Gasteiger partial charge in [-0.05, 0) is 24.6 Å². The van der Waals surface area contributed by atoms with Gasteiger partial charge < -0.3 is 19.0 Å². The van der Waals surface area contributed by atoms with E-state index in [0.717, 1.165) is 6.42 Å². The highest BCUT2D eigenvalue weighted by atomic mass is 28.4. The average molecular weight is 369 g/mol. The van der Waals surface area contributed by atoms with Crippen LogP contribution in [0.4, 0.5) is 0 Å². The number of epoxide rings is 1. The molecule has 25 heavy (non-hydrogen) atoms. The maximum absolute atomic E-state index is 12.7. The fraction of sp³-hybridized carbons (Fsp3) is 0.778. The Morgan fingerprint density at radius 2 is 1.84 bits per heavy atom. The van der Waals surface area contributed by atoms with E-state index in [9.17, 15) is 14.7 Å². The van der Waals surface area contributed by atoms with E-state index in [1.165, 1.54) is 0 Å². The predicted molar refractivity (Wildman–Crippen MR) is 93.6 cm³/mol. The van der Waals surface area contributed by atoms with Crippen molar-refractivity contribution in [2.24, 2.45) is 0 Å². The lowest BCUT2D eigenvalue weighted by molar-refractivity contribution is -0.155. The van der Waals surface area contributed by atoms with Crippen LogP contribution in [0.3, 0.4) is 0 Å². The van der Waals surface area contributed by atoms with Crippen molar-refractivity contribution in [2.75, 3.05) is 0 Å². The highest BCUT2D eigenvalue weighted by Gasteiger charge is 2.62.